The van der Waals surface area contributed by atoms with Gasteiger partial charge in [0.25, 0.3) is 0 Å². The molecule has 0 amide bonds. The first-order chi connectivity index (χ1) is 19.0. The third kappa shape index (κ3) is 6.73. The summed E-state index contributed by atoms with van der Waals surface area (Å²) < 4.78 is 52.1. The van der Waals surface area contributed by atoms with Gasteiger partial charge in [-0.05, 0) is 57.6 Å². The van der Waals surface area contributed by atoms with Crippen LogP contribution in [0.2, 0.25) is 0 Å². The zero-order chi connectivity index (χ0) is 28.5. The van der Waals surface area contributed by atoms with E-state index in [-0.39, 0.29) is 12.0 Å². The van der Waals surface area contributed by atoms with E-state index in [4.69, 9.17) is 0 Å². The van der Waals surface area contributed by atoms with Crippen LogP contribution in [-0.4, -0.2) is 73.6 Å². The Kier molecular flexibility index (Phi) is 8.02. The molecule has 11 nitrogen and oxygen atoms in total. The maximum absolute atomic E-state index is 13.2. The van der Waals surface area contributed by atoms with Crippen LogP contribution in [-0.2, 0) is 10.0 Å². The molecule has 0 atom stereocenters. The predicted molar refractivity (Wildman–Crippen MR) is 147 cm³/mol. The zero-order valence-corrected chi connectivity index (χ0v) is 23.3. The minimum absolute atomic E-state index is 0.0424. The molecule has 1 saturated carbocycles. The van der Waals surface area contributed by atoms with E-state index in [1.807, 2.05) is 6.92 Å². The third-order valence-corrected chi connectivity index (χ3v) is 8.93. The van der Waals surface area contributed by atoms with Gasteiger partial charge in [-0.25, -0.2) is 32.4 Å². The Labute approximate surface area is 232 Å². The second-order valence-corrected chi connectivity index (χ2v) is 12.8. The van der Waals surface area contributed by atoms with Gasteiger partial charge in [0.15, 0.2) is 0 Å². The molecule has 1 saturated heterocycles. The molecule has 1 aliphatic heterocycles. The summed E-state index contributed by atoms with van der Waals surface area (Å²) in [5.41, 5.74) is 0.956. The van der Waals surface area contributed by atoms with Crippen molar-refractivity contribution in [1.82, 2.24) is 29.0 Å². The summed E-state index contributed by atoms with van der Waals surface area (Å²) >= 11 is 0. The number of hydrogen-bond donors (Lipinski definition) is 3. The van der Waals surface area contributed by atoms with E-state index in [1.54, 1.807) is 24.5 Å². The molecule has 14 heteroatoms. The molecule has 3 aromatic rings. The summed E-state index contributed by atoms with van der Waals surface area (Å²) in [5.74, 6) is 1.72. The van der Waals surface area contributed by atoms with Crippen molar-refractivity contribution in [2.75, 3.05) is 30.0 Å². The normalized spacial score (nSPS) is 22.9. The monoisotopic (exact) mass is 576 g/mol. The first kappa shape index (κ1) is 28.3. The fraction of sp³-hybridized carbons (Fsp3) is 0.538. The first-order valence-corrected chi connectivity index (χ1v) is 15.2. The molecule has 0 radical (unpaired) electrons. The predicted octanol–water partition coefficient (Wildman–Crippen LogP) is 4.12. The molecular weight excluding hydrogens is 542 g/mol. The number of aliphatic hydroxyl groups is 1. The van der Waals surface area contributed by atoms with E-state index in [0.717, 1.165) is 12.8 Å². The smallest absolute Gasteiger partial charge is 0.333 e. The number of pyridine rings is 1. The third-order valence-electron chi connectivity index (χ3n) is 7.63. The van der Waals surface area contributed by atoms with Crippen LogP contribution in [0.25, 0.3) is 11.3 Å². The second-order valence-electron chi connectivity index (χ2n) is 10.9. The maximum Gasteiger partial charge on any atom is 0.333 e. The quantitative estimate of drug-likeness (QED) is 0.362. The van der Waals surface area contributed by atoms with E-state index in [2.05, 4.69) is 30.7 Å². The fourth-order valence-corrected chi connectivity index (χ4v) is 6.13. The van der Waals surface area contributed by atoms with Gasteiger partial charge in [0.05, 0.1) is 17.6 Å². The van der Waals surface area contributed by atoms with Gasteiger partial charge in [0, 0.05) is 61.0 Å². The SMILES string of the molecule is CC1(O)CCC(Nc2cc(Nc3ccnc(C4CCN(S(C)(=O)=O)CC4)n3)ncc2-c2ccn(C(F)F)n2)CC1. The lowest BCUT2D eigenvalue weighted by Crippen LogP contribution is -2.37. The number of rotatable bonds is 8. The van der Waals surface area contributed by atoms with Crippen molar-refractivity contribution >= 4 is 27.3 Å². The molecular formula is C26H34F2N8O3S. The summed E-state index contributed by atoms with van der Waals surface area (Å²) in [6.07, 6.45) is 9.80. The lowest BCUT2D eigenvalue weighted by atomic mass is 9.83. The van der Waals surface area contributed by atoms with E-state index in [1.165, 1.54) is 22.8 Å². The molecule has 5 rings (SSSR count). The van der Waals surface area contributed by atoms with Crippen molar-refractivity contribution < 1.29 is 22.3 Å². The molecule has 4 heterocycles. The van der Waals surface area contributed by atoms with E-state index < -0.39 is 22.2 Å². The number of aromatic nitrogens is 5. The highest BCUT2D eigenvalue weighted by Gasteiger charge is 2.30. The Morgan fingerprint density at radius 2 is 1.82 bits per heavy atom. The standard InChI is InChI=1S/C26H34F2N8O3S/c1-26(37)9-3-18(4-10-26)31-21-15-23(30-16-19(21)20-8-14-36(34-20)25(27)28)32-22-5-11-29-24(33-22)17-6-12-35(13-7-17)40(2,38)39/h5,8,11,14-18,25,37H,3-4,6-7,9-10,12-13H2,1-2H3,(H2,29,30,31,32,33). The highest BCUT2D eigenvalue weighted by Crippen LogP contribution is 2.34. The van der Waals surface area contributed by atoms with Gasteiger partial charge in [-0.3, -0.25) is 0 Å². The summed E-state index contributed by atoms with van der Waals surface area (Å²) in [6, 6.07) is 5.15. The van der Waals surface area contributed by atoms with Crippen LogP contribution in [0.15, 0.2) is 36.8 Å². The Balaban J connectivity index is 1.36. The molecule has 0 unspecified atom stereocenters. The highest BCUT2D eigenvalue weighted by atomic mass is 32.2. The molecule has 216 valence electrons. The molecule has 40 heavy (non-hydrogen) atoms. The van der Waals surface area contributed by atoms with Crippen molar-refractivity contribution in [3.05, 3.63) is 42.6 Å². The van der Waals surface area contributed by atoms with Gasteiger partial charge >= 0.3 is 6.55 Å². The van der Waals surface area contributed by atoms with Gasteiger partial charge in [0.2, 0.25) is 10.0 Å². The molecule has 0 bridgehead atoms. The van der Waals surface area contributed by atoms with Crippen LogP contribution in [0.5, 0.6) is 0 Å². The largest absolute Gasteiger partial charge is 0.390 e. The molecule has 2 aliphatic rings. The van der Waals surface area contributed by atoms with Crippen LogP contribution < -0.4 is 10.6 Å². The van der Waals surface area contributed by atoms with Crippen LogP contribution >= 0.6 is 0 Å². The Morgan fingerprint density at radius 1 is 1.10 bits per heavy atom. The van der Waals surface area contributed by atoms with Crippen LogP contribution in [0.3, 0.4) is 0 Å². The Hall–Kier alpha value is -3.23. The van der Waals surface area contributed by atoms with Crippen LogP contribution in [0, 0.1) is 0 Å². The summed E-state index contributed by atoms with van der Waals surface area (Å²) in [6.45, 7) is -0.0447. The number of nitrogens with zero attached hydrogens (tertiary/aromatic N) is 6. The van der Waals surface area contributed by atoms with Crippen LogP contribution in [0.4, 0.5) is 26.1 Å². The van der Waals surface area contributed by atoms with Crippen molar-refractivity contribution in [3.63, 3.8) is 0 Å². The molecule has 0 spiro atoms. The summed E-state index contributed by atoms with van der Waals surface area (Å²) in [5, 5.41) is 21.1. The average molecular weight is 577 g/mol. The average Bonchev–Trinajstić information content (AvgIpc) is 3.41. The number of piperidine rings is 1. The van der Waals surface area contributed by atoms with Crippen molar-refractivity contribution in [3.8, 4) is 11.3 Å². The van der Waals surface area contributed by atoms with Crippen molar-refractivity contribution in [2.45, 2.75) is 69.6 Å². The lowest BCUT2D eigenvalue weighted by molar-refractivity contribution is 0.0196. The molecule has 1 aliphatic carbocycles. The summed E-state index contributed by atoms with van der Waals surface area (Å²) in [7, 11) is -3.22. The fourth-order valence-electron chi connectivity index (χ4n) is 5.26. The van der Waals surface area contributed by atoms with Gasteiger partial charge in [-0.15, -0.1) is 0 Å². The van der Waals surface area contributed by atoms with Gasteiger partial charge in [-0.2, -0.15) is 13.9 Å². The number of alkyl halides is 2. The number of sulfonamides is 1. The molecule has 3 N–H and O–H groups in total. The minimum Gasteiger partial charge on any atom is -0.390 e. The summed E-state index contributed by atoms with van der Waals surface area (Å²) in [4.78, 5) is 13.6. The maximum atomic E-state index is 13.2. The second kappa shape index (κ2) is 11.3. The van der Waals surface area contributed by atoms with E-state index in [0.29, 0.717) is 77.9 Å². The van der Waals surface area contributed by atoms with Gasteiger partial charge in [0.1, 0.15) is 17.5 Å². The Bertz CT molecular complexity index is 1430. The first-order valence-electron chi connectivity index (χ1n) is 13.3. The molecule has 2 fully saturated rings. The highest BCUT2D eigenvalue weighted by molar-refractivity contribution is 7.88. The van der Waals surface area contributed by atoms with Gasteiger partial charge < -0.3 is 15.7 Å². The van der Waals surface area contributed by atoms with E-state index >= 15 is 0 Å². The van der Waals surface area contributed by atoms with Crippen molar-refractivity contribution in [2.24, 2.45) is 0 Å². The van der Waals surface area contributed by atoms with E-state index in [9.17, 15) is 22.3 Å². The molecule has 0 aromatic carbocycles. The van der Waals surface area contributed by atoms with Crippen molar-refractivity contribution in [1.29, 1.82) is 0 Å². The minimum atomic E-state index is -3.22. The number of hydrogen-bond acceptors (Lipinski definition) is 9. The van der Waals surface area contributed by atoms with Gasteiger partial charge in [-0.1, -0.05) is 0 Å². The zero-order valence-electron chi connectivity index (χ0n) is 22.5. The lowest BCUT2D eigenvalue weighted by Gasteiger charge is -2.34. The number of anilines is 3. The van der Waals surface area contributed by atoms with Crippen LogP contribution in [0.1, 0.15) is 63.7 Å². The Morgan fingerprint density at radius 3 is 2.48 bits per heavy atom. The number of halogens is 2. The number of nitrogens with one attached hydrogen (secondary N) is 2. The topological polar surface area (TPSA) is 138 Å². The molecule has 3 aromatic heterocycles.